The molecule has 0 bridgehead atoms. The number of aromatic nitrogens is 2. The van der Waals surface area contributed by atoms with Gasteiger partial charge in [-0.15, -0.1) is 0 Å². The van der Waals surface area contributed by atoms with E-state index in [1.807, 2.05) is 30.3 Å². The molecule has 0 amide bonds. The number of aliphatic carboxylic acids is 1. The summed E-state index contributed by atoms with van der Waals surface area (Å²) >= 11 is 0. The summed E-state index contributed by atoms with van der Waals surface area (Å²) in [6.07, 6.45) is 3.91. The van der Waals surface area contributed by atoms with Crippen LogP contribution in [0.1, 0.15) is 5.56 Å². The van der Waals surface area contributed by atoms with Crippen LogP contribution in [-0.2, 0) is 4.79 Å². The molecule has 0 saturated heterocycles. The minimum absolute atomic E-state index is 0.0680. The van der Waals surface area contributed by atoms with Crippen molar-refractivity contribution in [3.63, 3.8) is 0 Å². The van der Waals surface area contributed by atoms with Crippen LogP contribution in [0.4, 0.5) is 5.69 Å². The molecule has 0 aliphatic heterocycles. The molecule has 0 unspecified atom stereocenters. The molecule has 124 valence electrons. The number of nitro groups is 1. The van der Waals surface area contributed by atoms with Gasteiger partial charge in [0.15, 0.2) is 0 Å². The second-order valence-corrected chi connectivity index (χ2v) is 5.17. The van der Waals surface area contributed by atoms with Gasteiger partial charge in [0.2, 0.25) is 0 Å². The Balaban J connectivity index is 2.13. The maximum absolute atomic E-state index is 11.0. The van der Waals surface area contributed by atoms with Gasteiger partial charge in [0.25, 0.3) is 5.69 Å². The molecule has 3 rings (SSSR count). The highest BCUT2D eigenvalue weighted by Gasteiger charge is 2.13. The first-order valence-electron chi connectivity index (χ1n) is 7.33. The van der Waals surface area contributed by atoms with Crippen molar-refractivity contribution < 1.29 is 14.8 Å². The summed E-state index contributed by atoms with van der Waals surface area (Å²) in [6, 6.07) is 15.3. The molecular weight excluding hydrogens is 322 g/mol. The molecule has 7 heteroatoms. The van der Waals surface area contributed by atoms with Gasteiger partial charge in [0, 0.05) is 29.5 Å². The largest absolute Gasteiger partial charge is 0.545 e. The first kappa shape index (κ1) is 16.1. The molecule has 0 aliphatic carbocycles. The normalized spacial score (nSPS) is 10.9. The molecule has 1 aromatic heterocycles. The average Bonchev–Trinajstić information content (AvgIpc) is 3.05. The van der Waals surface area contributed by atoms with Crippen molar-refractivity contribution in [3.05, 3.63) is 82.5 Å². The number of nitro benzene ring substituents is 1. The Bertz CT molecular complexity index is 961. The van der Waals surface area contributed by atoms with E-state index in [2.05, 4.69) is 5.10 Å². The highest BCUT2D eigenvalue weighted by Crippen LogP contribution is 2.27. The van der Waals surface area contributed by atoms with Crippen LogP contribution in [0.15, 0.2) is 66.9 Å². The van der Waals surface area contributed by atoms with E-state index in [1.54, 1.807) is 23.0 Å². The molecule has 1 heterocycles. The van der Waals surface area contributed by atoms with E-state index in [4.69, 9.17) is 0 Å². The molecule has 0 spiro atoms. The van der Waals surface area contributed by atoms with Crippen molar-refractivity contribution in [3.8, 4) is 16.9 Å². The lowest BCUT2D eigenvalue weighted by Gasteiger charge is -2.01. The van der Waals surface area contributed by atoms with Gasteiger partial charge in [-0.05, 0) is 24.3 Å². The highest BCUT2D eigenvalue weighted by molar-refractivity contribution is 5.86. The molecule has 0 saturated carbocycles. The summed E-state index contributed by atoms with van der Waals surface area (Å²) in [4.78, 5) is 21.2. The number of carbonyl (C=O) groups excluding carboxylic acids is 1. The van der Waals surface area contributed by atoms with E-state index in [1.165, 1.54) is 18.2 Å². The van der Waals surface area contributed by atoms with Crippen molar-refractivity contribution >= 4 is 17.7 Å². The SMILES string of the molecule is O=C([O-])/C=C/c1cn(-c2ccccc2)nc1-c1cccc([N+](=O)[O-])c1. The molecule has 0 N–H and O–H groups in total. The van der Waals surface area contributed by atoms with Gasteiger partial charge in [-0.1, -0.05) is 30.3 Å². The van der Waals surface area contributed by atoms with Crippen LogP contribution < -0.4 is 5.11 Å². The minimum atomic E-state index is -1.34. The van der Waals surface area contributed by atoms with Crippen LogP contribution in [0.25, 0.3) is 23.0 Å². The average molecular weight is 334 g/mol. The number of hydrogen-bond donors (Lipinski definition) is 0. The Morgan fingerprint density at radius 1 is 1.12 bits per heavy atom. The van der Waals surface area contributed by atoms with Gasteiger partial charge >= 0.3 is 0 Å². The number of carbonyl (C=O) groups is 1. The summed E-state index contributed by atoms with van der Waals surface area (Å²) in [5.41, 5.74) is 2.17. The Morgan fingerprint density at radius 3 is 2.56 bits per heavy atom. The van der Waals surface area contributed by atoms with Gasteiger partial charge in [0.1, 0.15) is 5.69 Å². The van der Waals surface area contributed by atoms with Crippen LogP contribution in [0, 0.1) is 10.1 Å². The van der Waals surface area contributed by atoms with Crippen molar-refractivity contribution in [2.24, 2.45) is 0 Å². The van der Waals surface area contributed by atoms with Gasteiger partial charge in [0.05, 0.1) is 16.6 Å². The molecule has 0 radical (unpaired) electrons. The Labute approximate surface area is 142 Å². The van der Waals surface area contributed by atoms with Crippen LogP contribution in [0.5, 0.6) is 0 Å². The Hall–Kier alpha value is -3.74. The fraction of sp³-hybridized carbons (Fsp3) is 0. The quantitative estimate of drug-likeness (QED) is 0.404. The summed E-state index contributed by atoms with van der Waals surface area (Å²) < 4.78 is 1.59. The summed E-state index contributed by atoms with van der Waals surface area (Å²) in [6.45, 7) is 0. The van der Waals surface area contributed by atoms with E-state index in [-0.39, 0.29) is 5.69 Å². The van der Waals surface area contributed by atoms with Crippen LogP contribution in [-0.4, -0.2) is 20.7 Å². The number of para-hydroxylation sites is 1. The third-order valence-corrected chi connectivity index (χ3v) is 3.49. The van der Waals surface area contributed by atoms with E-state index >= 15 is 0 Å². The van der Waals surface area contributed by atoms with Crippen molar-refractivity contribution in [2.75, 3.05) is 0 Å². The predicted octanol–water partition coefficient (Wildman–Crippen LogP) is 2.21. The maximum atomic E-state index is 11.0. The molecule has 2 aromatic carbocycles. The lowest BCUT2D eigenvalue weighted by atomic mass is 10.1. The number of benzene rings is 2. The molecule has 7 nitrogen and oxygen atoms in total. The van der Waals surface area contributed by atoms with E-state index in [0.29, 0.717) is 16.8 Å². The number of rotatable bonds is 5. The summed E-state index contributed by atoms with van der Waals surface area (Å²) in [7, 11) is 0. The lowest BCUT2D eigenvalue weighted by molar-refractivity contribution is -0.384. The lowest BCUT2D eigenvalue weighted by Crippen LogP contribution is -2.18. The maximum Gasteiger partial charge on any atom is 0.270 e. The Kier molecular flexibility index (Phi) is 4.38. The van der Waals surface area contributed by atoms with Crippen molar-refractivity contribution in [2.45, 2.75) is 0 Å². The monoisotopic (exact) mass is 334 g/mol. The third kappa shape index (κ3) is 3.61. The number of carboxylic acid groups (broad SMARTS) is 1. The summed E-state index contributed by atoms with van der Waals surface area (Å²) in [5, 5.41) is 26.2. The van der Waals surface area contributed by atoms with Crippen LogP contribution in [0.3, 0.4) is 0 Å². The third-order valence-electron chi connectivity index (χ3n) is 3.49. The van der Waals surface area contributed by atoms with Gasteiger partial charge in [-0.25, -0.2) is 4.68 Å². The molecule has 25 heavy (non-hydrogen) atoms. The zero-order chi connectivity index (χ0) is 17.8. The second kappa shape index (κ2) is 6.79. The molecule has 0 fully saturated rings. The van der Waals surface area contributed by atoms with Gasteiger partial charge in [-0.2, -0.15) is 5.10 Å². The predicted molar refractivity (Wildman–Crippen MR) is 89.7 cm³/mol. The minimum Gasteiger partial charge on any atom is -0.545 e. The standard InChI is InChI=1S/C18H13N3O4/c22-17(23)10-9-14-12-20(15-6-2-1-3-7-15)19-18(14)13-5-4-8-16(11-13)21(24)25/h1-12H,(H,22,23)/p-1/b10-9+. The fourth-order valence-corrected chi connectivity index (χ4v) is 2.37. The number of carboxylic acids is 1. The zero-order valence-electron chi connectivity index (χ0n) is 12.9. The number of non-ortho nitro benzene ring substituents is 1. The summed E-state index contributed by atoms with van der Waals surface area (Å²) in [5.74, 6) is -1.34. The van der Waals surface area contributed by atoms with E-state index in [9.17, 15) is 20.0 Å². The van der Waals surface area contributed by atoms with Gasteiger partial charge in [-0.3, -0.25) is 10.1 Å². The molecular formula is C18H12N3O4-. The Morgan fingerprint density at radius 2 is 1.88 bits per heavy atom. The van der Waals surface area contributed by atoms with Crippen LogP contribution >= 0.6 is 0 Å². The second-order valence-electron chi connectivity index (χ2n) is 5.17. The zero-order valence-corrected chi connectivity index (χ0v) is 12.9. The van der Waals surface area contributed by atoms with Crippen LogP contribution in [0.2, 0.25) is 0 Å². The molecule has 0 atom stereocenters. The molecule has 0 aliphatic rings. The topological polar surface area (TPSA) is 101 Å². The first-order chi connectivity index (χ1) is 12.0. The number of nitrogens with zero attached hydrogens (tertiary/aromatic N) is 3. The smallest absolute Gasteiger partial charge is 0.270 e. The van der Waals surface area contributed by atoms with Gasteiger partial charge < -0.3 is 9.90 Å². The van der Waals surface area contributed by atoms with E-state index < -0.39 is 10.9 Å². The number of hydrogen-bond acceptors (Lipinski definition) is 5. The van der Waals surface area contributed by atoms with Crippen molar-refractivity contribution in [1.82, 2.24) is 9.78 Å². The fourth-order valence-electron chi connectivity index (χ4n) is 2.37. The van der Waals surface area contributed by atoms with Crippen molar-refractivity contribution in [1.29, 1.82) is 0 Å². The highest BCUT2D eigenvalue weighted by atomic mass is 16.6. The first-order valence-corrected chi connectivity index (χ1v) is 7.33. The molecule has 3 aromatic rings. The van der Waals surface area contributed by atoms with E-state index in [0.717, 1.165) is 11.8 Å².